The van der Waals surface area contributed by atoms with Crippen LogP contribution in [-0.2, 0) is 25.5 Å². The number of carbonyl (C=O) groups excluding carboxylic acids is 1. The van der Waals surface area contributed by atoms with E-state index in [1.807, 2.05) is 13.8 Å². The number of rotatable bonds is 10. The third-order valence-corrected chi connectivity index (χ3v) is 5.66. The van der Waals surface area contributed by atoms with Crippen molar-refractivity contribution in [2.75, 3.05) is 33.0 Å². The molecule has 3 aromatic rings. The molecule has 0 atom stereocenters. The van der Waals surface area contributed by atoms with Crippen LogP contribution in [0.25, 0.3) is 21.3 Å². The number of hydrogen-bond donors (Lipinski definition) is 0. The van der Waals surface area contributed by atoms with Gasteiger partial charge < -0.3 is 14.2 Å². The second-order valence-electron chi connectivity index (χ2n) is 6.80. The standard InChI is InChI=1S/C22H25FN2O5S/c1-4-28-9-10-29-11-12-30-18(26)13-25-15(3)24-21-20(22(25)27)19(14(2)31-21)16-5-7-17(23)8-6-16/h5-8H,4,9-13H2,1-3H3. The monoisotopic (exact) mass is 448 g/mol. The molecule has 0 spiro atoms. The summed E-state index contributed by atoms with van der Waals surface area (Å²) >= 11 is 1.40. The Bertz CT molecular complexity index is 1110. The molecule has 0 radical (unpaired) electrons. The summed E-state index contributed by atoms with van der Waals surface area (Å²) in [6.45, 7) is 7.10. The molecule has 166 valence electrons. The summed E-state index contributed by atoms with van der Waals surface area (Å²) in [6.07, 6.45) is 0. The number of aryl methyl sites for hydroxylation is 2. The number of esters is 1. The van der Waals surface area contributed by atoms with Gasteiger partial charge in [0.1, 0.15) is 29.6 Å². The highest BCUT2D eigenvalue weighted by molar-refractivity contribution is 7.19. The molecule has 31 heavy (non-hydrogen) atoms. The lowest BCUT2D eigenvalue weighted by Crippen LogP contribution is -2.28. The van der Waals surface area contributed by atoms with Crippen LogP contribution in [0.2, 0.25) is 0 Å². The van der Waals surface area contributed by atoms with Gasteiger partial charge in [-0.1, -0.05) is 12.1 Å². The fraction of sp³-hybridized carbons (Fsp3) is 0.409. The van der Waals surface area contributed by atoms with Crippen LogP contribution < -0.4 is 5.56 Å². The average molecular weight is 449 g/mol. The van der Waals surface area contributed by atoms with E-state index in [-0.39, 0.29) is 31.1 Å². The predicted octanol–water partition coefficient (Wildman–Crippen LogP) is 3.48. The highest BCUT2D eigenvalue weighted by atomic mass is 32.1. The summed E-state index contributed by atoms with van der Waals surface area (Å²) in [5, 5.41) is 0.423. The molecular weight excluding hydrogens is 423 g/mol. The Morgan fingerprint density at radius 2 is 1.77 bits per heavy atom. The first kappa shape index (κ1) is 23.1. The molecule has 0 unspecified atom stereocenters. The Morgan fingerprint density at radius 1 is 1.10 bits per heavy atom. The van der Waals surface area contributed by atoms with E-state index in [4.69, 9.17) is 14.2 Å². The normalized spacial score (nSPS) is 11.2. The highest BCUT2D eigenvalue weighted by Crippen LogP contribution is 2.35. The number of carbonyl (C=O) groups is 1. The van der Waals surface area contributed by atoms with Crippen LogP contribution in [0.4, 0.5) is 4.39 Å². The van der Waals surface area contributed by atoms with Gasteiger partial charge in [-0.05, 0) is 38.5 Å². The molecule has 0 bridgehead atoms. The predicted molar refractivity (Wildman–Crippen MR) is 117 cm³/mol. The maximum Gasteiger partial charge on any atom is 0.326 e. The minimum Gasteiger partial charge on any atom is -0.462 e. The third-order valence-electron chi connectivity index (χ3n) is 4.67. The van der Waals surface area contributed by atoms with Crippen LogP contribution in [0.1, 0.15) is 17.6 Å². The molecule has 0 amide bonds. The van der Waals surface area contributed by atoms with E-state index in [1.54, 1.807) is 19.1 Å². The van der Waals surface area contributed by atoms with Crippen LogP contribution in [-0.4, -0.2) is 48.6 Å². The van der Waals surface area contributed by atoms with E-state index in [0.29, 0.717) is 41.4 Å². The number of fused-ring (bicyclic) bond motifs is 1. The first-order valence-electron chi connectivity index (χ1n) is 10.00. The molecule has 7 nitrogen and oxygen atoms in total. The minimum absolute atomic E-state index is 0.0901. The molecule has 2 aromatic heterocycles. The summed E-state index contributed by atoms with van der Waals surface area (Å²) in [7, 11) is 0. The maximum atomic E-state index is 13.3. The zero-order valence-corrected chi connectivity index (χ0v) is 18.6. The molecular formula is C22H25FN2O5S. The molecule has 0 aliphatic carbocycles. The SMILES string of the molecule is CCOCCOCCOC(=O)Cn1c(C)nc2sc(C)c(-c3ccc(F)cc3)c2c1=O. The molecule has 9 heteroatoms. The van der Waals surface area contributed by atoms with Gasteiger partial charge in [0.25, 0.3) is 5.56 Å². The van der Waals surface area contributed by atoms with Crippen molar-refractivity contribution in [2.45, 2.75) is 27.3 Å². The smallest absolute Gasteiger partial charge is 0.326 e. The number of benzene rings is 1. The molecule has 2 heterocycles. The second-order valence-corrected chi connectivity index (χ2v) is 8.00. The van der Waals surface area contributed by atoms with Crippen LogP contribution in [0, 0.1) is 19.7 Å². The number of ether oxygens (including phenoxy) is 3. The van der Waals surface area contributed by atoms with Gasteiger partial charge in [0.15, 0.2) is 0 Å². The van der Waals surface area contributed by atoms with Crippen molar-refractivity contribution < 1.29 is 23.4 Å². The van der Waals surface area contributed by atoms with E-state index in [0.717, 1.165) is 10.4 Å². The molecule has 0 aliphatic rings. The number of hydrogen-bond acceptors (Lipinski definition) is 7. The van der Waals surface area contributed by atoms with Crippen LogP contribution >= 0.6 is 11.3 Å². The minimum atomic E-state index is -0.546. The van der Waals surface area contributed by atoms with E-state index < -0.39 is 5.97 Å². The quantitative estimate of drug-likeness (QED) is 0.349. The average Bonchev–Trinajstić information content (AvgIpc) is 3.06. The lowest BCUT2D eigenvalue weighted by Gasteiger charge is -2.11. The summed E-state index contributed by atoms with van der Waals surface area (Å²) in [6, 6.07) is 5.97. The number of thiophene rings is 1. The van der Waals surface area contributed by atoms with Crippen molar-refractivity contribution in [2.24, 2.45) is 0 Å². The zero-order chi connectivity index (χ0) is 22.4. The Kier molecular flexibility index (Phi) is 7.89. The number of aromatic nitrogens is 2. The van der Waals surface area contributed by atoms with Gasteiger partial charge in [-0.2, -0.15) is 0 Å². The first-order chi connectivity index (χ1) is 14.9. The van der Waals surface area contributed by atoms with E-state index >= 15 is 0 Å². The van der Waals surface area contributed by atoms with Crippen molar-refractivity contribution in [3.05, 3.63) is 51.1 Å². The van der Waals surface area contributed by atoms with Crippen molar-refractivity contribution >= 4 is 27.5 Å². The van der Waals surface area contributed by atoms with Crippen LogP contribution in [0.5, 0.6) is 0 Å². The topological polar surface area (TPSA) is 79.7 Å². The van der Waals surface area contributed by atoms with Gasteiger partial charge in [0, 0.05) is 17.0 Å². The molecule has 0 aliphatic heterocycles. The number of nitrogens with zero attached hydrogens (tertiary/aromatic N) is 2. The highest BCUT2D eigenvalue weighted by Gasteiger charge is 2.20. The van der Waals surface area contributed by atoms with Gasteiger partial charge >= 0.3 is 5.97 Å². The van der Waals surface area contributed by atoms with Crippen LogP contribution in [0.3, 0.4) is 0 Å². The summed E-state index contributed by atoms with van der Waals surface area (Å²) in [4.78, 5) is 31.5. The Morgan fingerprint density at radius 3 is 2.48 bits per heavy atom. The number of halogens is 1. The molecule has 0 N–H and O–H groups in total. The lowest BCUT2D eigenvalue weighted by atomic mass is 10.0. The molecule has 0 saturated heterocycles. The van der Waals surface area contributed by atoms with Crippen molar-refractivity contribution in [1.82, 2.24) is 9.55 Å². The maximum absolute atomic E-state index is 13.3. The molecule has 1 aromatic carbocycles. The first-order valence-corrected chi connectivity index (χ1v) is 10.8. The van der Waals surface area contributed by atoms with Gasteiger partial charge in [-0.3, -0.25) is 14.2 Å². The molecule has 0 fully saturated rings. The van der Waals surface area contributed by atoms with E-state index in [9.17, 15) is 14.0 Å². The second kappa shape index (κ2) is 10.6. The summed E-state index contributed by atoms with van der Waals surface area (Å²) in [5.41, 5.74) is 1.12. The Balaban J connectivity index is 1.77. The van der Waals surface area contributed by atoms with Gasteiger partial charge in [-0.25, -0.2) is 9.37 Å². The van der Waals surface area contributed by atoms with E-state index in [2.05, 4.69) is 4.98 Å². The summed E-state index contributed by atoms with van der Waals surface area (Å²) in [5.74, 6) is -0.471. The van der Waals surface area contributed by atoms with Crippen molar-refractivity contribution in [1.29, 1.82) is 0 Å². The van der Waals surface area contributed by atoms with Crippen molar-refractivity contribution in [3.8, 4) is 11.1 Å². The fourth-order valence-corrected chi connectivity index (χ4v) is 4.28. The largest absolute Gasteiger partial charge is 0.462 e. The van der Waals surface area contributed by atoms with Crippen LogP contribution in [0.15, 0.2) is 29.1 Å². The molecule has 3 rings (SSSR count). The Labute approximate surface area is 183 Å². The van der Waals surface area contributed by atoms with Crippen molar-refractivity contribution in [3.63, 3.8) is 0 Å². The lowest BCUT2D eigenvalue weighted by molar-refractivity contribution is -0.146. The van der Waals surface area contributed by atoms with Gasteiger partial charge in [0.2, 0.25) is 0 Å². The molecule has 0 saturated carbocycles. The fourth-order valence-electron chi connectivity index (χ4n) is 3.20. The zero-order valence-electron chi connectivity index (χ0n) is 17.8. The van der Waals surface area contributed by atoms with E-state index in [1.165, 1.54) is 28.0 Å². The Hall–Kier alpha value is -2.62. The summed E-state index contributed by atoms with van der Waals surface area (Å²) < 4.78 is 30.3. The van der Waals surface area contributed by atoms with Gasteiger partial charge in [-0.15, -0.1) is 11.3 Å². The van der Waals surface area contributed by atoms with Gasteiger partial charge in [0.05, 0.1) is 25.2 Å². The third kappa shape index (κ3) is 5.55.